The van der Waals surface area contributed by atoms with Crippen molar-refractivity contribution in [1.29, 1.82) is 0 Å². The standard InChI is InChI=1S/C11H12N2OS2/c1-7-4-2-3-5-8(7)12-6-9-10(14)13-11(15)16-9/h2-5,9,12H,6H2,1H3,(H,13,14,15)/t9-/m0/s1. The van der Waals surface area contributed by atoms with Crippen LogP contribution in [0.3, 0.4) is 0 Å². The number of amides is 1. The molecule has 3 nitrogen and oxygen atoms in total. The molecular weight excluding hydrogens is 240 g/mol. The maximum Gasteiger partial charge on any atom is 0.240 e. The smallest absolute Gasteiger partial charge is 0.240 e. The second kappa shape index (κ2) is 4.84. The molecule has 0 bridgehead atoms. The first-order chi connectivity index (χ1) is 7.66. The zero-order chi connectivity index (χ0) is 11.5. The van der Waals surface area contributed by atoms with Gasteiger partial charge in [-0.15, -0.1) is 0 Å². The quantitative estimate of drug-likeness (QED) is 0.807. The molecule has 84 valence electrons. The summed E-state index contributed by atoms with van der Waals surface area (Å²) in [6.45, 7) is 2.64. The number of carbonyl (C=O) groups is 1. The third-order valence-corrected chi connectivity index (χ3v) is 3.76. The van der Waals surface area contributed by atoms with Gasteiger partial charge in [0.25, 0.3) is 0 Å². The first-order valence-corrected chi connectivity index (χ1v) is 6.26. The summed E-state index contributed by atoms with van der Waals surface area (Å²) < 4.78 is 0.571. The molecule has 0 aliphatic carbocycles. The highest BCUT2D eigenvalue weighted by atomic mass is 32.2. The van der Waals surface area contributed by atoms with Crippen LogP contribution in [0.25, 0.3) is 0 Å². The first-order valence-electron chi connectivity index (χ1n) is 4.98. The van der Waals surface area contributed by atoms with E-state index in [4.69, 9.17) is 12.2 Å². The van der Waals surface area contributed by atoms with Crippen LogP contribution in [0.1, 0.15) is 5.56 Å². The van der Waals surface area contributed by atoms with E-state index in [0.29, 0.717) is 10.9 Å². The van der Waals surface area contributed by atoms with Crippen molar-refractivity contribution in [3.05, 3.63) is 29.8 Å². The van der Waals surface area contributed by atoms with Crippen LogP contribution in [-0.2, 0) is 4.79 Å². The molecule has 1 aliphatic rings. The number of para-hydroxylation sites is 1. The summed E-state index contributed by atoms with van der Waals surface area (Å²) in [7, 11) is 0. The van der Waals surface area contributed by atoms with E-state index in [1.165, 1.54) is 17.3 Å². The van der Waals surface area contributed by atoms with Crippen LogP contribution in [0, 0.1) is 6.92 Å². The van der Waals surface area contributed by atoms with Crippen molar-refractivity contribution in [3.8, 4) is 0 Å². The minimum atomic E-state index is -0.118. The second-order valence-corrected chi connectivity index (χ2v) is 5.46. The Morgan fingerprint density at radius 1 is 1.50 bits per heavy atom. The molecule has 1 saturated heterocycles. The van der Waals surface area contributed by atoms with Gasteiger partial charge >= 0.3 is 0 Å². The average Bonchev–Trinajstić information content (AvgIpc) is 2.56. The largest absolute Gasteiger partial charge is 0.383 e. The summed E-state index contributed by atoms with van der Waals surface area (Å²) in [6.07, 6.45) is 0. The molecule has 0 aromatic heterocycles. The van der Waals surface area contributed by atoms with Crippen LogP contribution < -0.4 is 10.6 Å². The van der Waals surface area contributed by atoms with Crippen molar-refractivity contribution in [1.82, 2.24) is 5.32 Å². The Labute approximate surface area is 104 Å². The fourth-order valence-electron chi connectivity index (χ4n) is 1.50. The molecule has 5 heteroatoms. The molecular formula is C11H12N2OS2. The minimum Gasteiger partial charge on any atom is -0.383 e. The van der Waals surface area contributed by atoms with Gasteiger partial charge in [0.15, 0.2) is 0 Å². The maximum absolute atomic E-state index is 11.4. The van der Waals surface area contributed by atoms with E-state index in [0.717, 1.165) is 5.69 Å². The molecule has 1 atom stereocenters. The fraction of sp³-hybridized carbons (Fsp3) is 0.273. The van der Waals surface area contributed by atoms with Gasteiger partial charge in [-0.3, -0.25) is 4.79 Å². The lowest BCUT2D eigenvalue weighted by Gasteiger charge is -2.11. The molecule has 0 saturated carbocycles. The van der Waals surface area contributed by atoms with Gasteiger partial charge in [0.2, 0.25) is 5.91 Å². The van der Waals surface area contributed by atoms with Gasteiger partial charge < -0.3 is 10.6 Å². The molecule has 1 aromatic carbocycles. The average molecular weight is 252 g/mol. The van der Waals surface area contributed by atoms with E-state index in [1.807, 2.05) is 31.2 Å². The zero-order valence-electron chi connectivity index (χ0n) is 8.82. The lowest BCUT2D eigenvalue weighted by Crippen LogP contribution is -2.29. The van der Waals surface area contributed by atoms with Crippen molar-refractivity contribution in [2.24, 2.45) is 0 Å². The highest BCUT2D eigenvalue weighted by Gasteiger charge is 2.28. The van der Waals surface area contributed by atoms with Gasteiger partial charge in [0, 0.05) is 12.2 Å². The van der Waals surface area contributed by atoms with Crippen LogP contribution in [0.15, 0.2) is 24.3 Å². The molecule has 2 rings (SSSR count). The van der Waals surface area contributed by atoms with Crippen molar-refractivity contribution < 1.29 is 4.79 Å². The molecule has 1 fully saturated rings. The normalized spacial score (nSPS) is 19.7. The van der Waals surface area contributed by atoms with Crippen LogP contribution in [0.4, 0.5) is 5.69 Å². The van der Waals surface area contributed by atoms with Crippen LogP contribution in [0.5, 0.6) is 0 Å². The van der Waals surface area contributed by atoms with Crippen LogP contribution in [0.2, 0.25) is 0 Å². The Morgan fingerprint density at radius 2 is 2.25 bits per heavy atom. The third kappa shape index (κ3) is 2.54. The Kier molecular flexibility index (Phi) is 3.46. The monoisotopic (exact) mass is 252 g/mol. The van der Waals surface area contributed by atoms with Gasteiger partial charge in [0.1, 0.15) is 9.57 Å². The van der Waals surface area contributed by atoms with Gasteiger partial charge in [0.05, 0.1) is 0 Å². The van der Waals surface area contributed by atoms with E-state index in [1.54, 1.807) is 0 Å². The van der Waals surface area contributed by atoms with Crippen LogP contribution in [-0.4, -0.2) is 22.0 Å². The summed E-state index contributed by atoms with van der Waals surface area (Å²) in [4.78, 5) is 11.4. The third-order valence-electron chi connectivity index (χ3n) is 2.39. The van der Waals surface area contributed by atoms with E-state index < -0.39 is 0 Å². The number of aryl methyl sites for hydroxylation is 1. The first kappa shape index (κ1) is 11.4. The number of thioether (sulfide) groups is 1. The molecule has 1 heterocycles. The molecule has 1 aliphatic heterocycles. The minimum absolute atomic E-state index is 0.00363. The van der Waals surface area contributed by atoms with Gasteiger partial charge in [-0.1, -0.05) is 42.2 Å². The summed E-state index contributed by atoms with van der Waals surface area (Å²) in [5.41, 5.74) is 2.24. The number of anilines is 1. The predicted octanol–water partition coefficient (Wildman–Crippen LogP) is 1.92. The van der Waals surface area contributed by atoms with E-state index >= 15 is 0 Å². The summed E-state index contributed by atoms with van der Waals surface area (Å²) in [5.74, 6) is -0.00363. The molecule has 0 radical (unpaired) electrons. The molecule has 1 aromatic rings. The van der Waals surface area contributed by atoms with Crippen molar-refractivity contribution in [2.45, 2.75) is 12.2 Å². The Morgan fingerprint density at radius 3 is 2.88 bits per heavy atom. The van der Waals surface area contributed by atoms with E-state index in [9.17, 15) is 4.79 Å². The maximum atomic E-state index is 11.4. The van der Waals surface area contributed by atoms with Gasteiger partial charge in [-0.05, 0) is 18.6 Å². The lowest BCUT2D eigenvalue weighted by molar-refractivity contribution is -0.118. The fourth-order valence-corrected chi connectivity index (χ4v) is 2.70. The molecule has 2 N–H and O–H groups in total. The van der Waals surface area contributed by atoms with Gasteiger partial charge in [-0.25, -0.2) is 0 Å². The highest BCUT2D eigenvalue weighted by Crippen LogP contribution is 2.21. The van der Waals surface area contributed by atoms with Crippen molar-refractivity contribution >= 4 is 39.9 Å². The highest BCUT2D eigenvalue weighted by molar-refractivity contribution is 8.24. The Bertz CT molecular complexity index is 434. The number of carbonyl (C=O) groups excluding carboxylic acids is 1. The molecule has 16 heavy (non-hydrogen) atoms. The van der Waals surface area contributed by atoms with Crippen LogP contribution >= 0.6 is 24.0 Å². The zero-order valence-corrected chi connectivity index (χ0v) is 10.5. The number of hydrogen-bond donors (Lipinski definition) is 2. The van der Waals surface area contributed by atoms with E-state index in [2.05, 4.69) is 10.6 Å². The summed E-state index contributed by atoms with van der Waals surface area (Å²) >= 11 is 6.34. The summed E-state index contributed by atoms with van der Waals surface area (Å²) in [6, 6.07) is 8.01. The Balaban J connectivity index is 1.95. The number of rotatable bonds is 3. The Hall–Kier alpha value is -1.07. The lowest BCUT2D eigenvalue weighted by atomic mass is 10.2. The van der Waals surface area contributed by atoms with Gasteiger partial charge in [-0.2, -0.15) is 0 Å². The SMILES string of the molecule is Cc1ccccc1NC[C@@H]1SC(=S)NC1=O. The second-order valence-electron chi connectivity index (χ2n) is 3.58. The topological polar surface area (TPSA) is 41.1 Å². The number of thiocarbonyl (C=S) groups is 1. The van der Waals surface area contributed by atoms with Crippen molar-refractivity contribution in [2.75, 3.05) is 11.9 Å². The van der Waals surface area contributed by atoms with E-state index in [-0.39, 0.29) is 11.2 Å². The molecule has 0 spiro atoms. The van der Waals surface area contributed by atoms with Crippen molar-refractivity contribution in [3.63, 3.8) is 0 Å². The predicted molar refractivity (Wildman–Crippen MR) is 71.8 cm³/mol. The molecule has 1 amide bonds. The summed E-state index contributed by atoms with van der Waals surface area (Å²) in [5, 5.41) is 5.78. The number of nitrogens with one attached hydrogen (secondary N) is 2. The number of hydrogen-bond acceptors (Lipinski definition) is 4. The number of benzene rings is 1. The molecule has 0 unspecified atom stereocenters.